The predicted octanol–water partition coefficient (Wildman–Crippen LogP) is 3.39. The molecule has 5 nitrogen and oxygen atoms in total. The third-order valence-corrected chi connectivity index (χ3v) is 6.97. The quantitative estimate of drug-likeness (QED) is 0.809. The lowest BCUT2D eigenvalue weighted by Crippen LogP contribution is -2.40. The van der Waals surface area contributed by atoms with Crippen LogP contribution in [0.15, 0.2) is 47.4 Å². The molecular weight excluding hydrogens is 360 g/mol. The van der Waals surface area contributed by atoms with Crippen molar-refractivity contribution in [2.45, 2.75) is 37.6 Å². The van der Waals surface area contributed by atoms with Gasteiger partial charge >= 0.3 is 0 Å². The molecule has 144 valence electrons. The first-order valence-electron chi connectivity index (χ1n) is 9.18. The van der Waals surface area contributed by atoms with Gasteiger partial charge in [-0.05, 0) is 49.1 Å². The first kappa shape index (κ1) is 19.6. The van der Waals surface area contributed by atoms with Gasteiger partial charge in [-0.15, -0.1) is 0 Å². The second kappa shape index (κ2) is 7.44. The van der Waals surface area contributed by atoms with Crippen LogP contribution in [0, 0.1) is 6.92 Å². The highest BCUT2D eigenvalue weighted by Crippen LogP contribution is 2.34. The molecule has 3 rings (SSSR count). The molecule has 1 amide bonds. The molecule has 0 bridgehead atoms. The lowest BCUT2D eigenvalue weighted by Gasteiger charge is -2.37. The van der Waals surface area contributed by atoms with Gasteiger partial charge in [-0.2, -0.15) is 0 Å². The van der Waals surface area contributed by atoms with Crippen molar-refractivity contribution >= 4 is 15.9 Å². The van der Waals surface area contributed by atoms with Crippen molar-refractivity contribution < 1.29 is 13.2 Å². The Labute approximate surface area is 161 Å². The van der Waals surface area contributed by atoms with E-state index in [1.807, 2.05) is 4.90 Å². The van der Waals surface area contributed by atoms with Gasteiger partial charge in [-0.3, -0.25) is 4.79 Å². The number of hydrogen-bond donors (Lipinski definition) is 0. The van der Waals surface area contributed by atoms with Crippen LogP contribution in [-0.4, -0.2) is 44.2 Å². The average molecular weight is 387 g/mol. The predicted molar refractivity (Wildman–Crippen MR) is 106 cm³/mol. The van der Waals surface area contributed by atoms with E-state index >= 15 is 0 Å². The molecule has 0 fully saturated rings. The summed E-state index contributed by atoms with van der Waals surface area (Å²) in [5, 5.41) is 0. The molecule has 1 aliphatic heterocycles. The lowest BCUT2D eigenvalue weighted by atomic mass is 9.89. The fourth-order valence-corrected chi connectivity index (χ4v) is 4.64. The summed E-state index contributed by atoms with van der Waals surface area (Å²) in [4.78, 5) is 15.2. The maximum Gasteiger partial charge on any atom is 0.254 e. The van der Waals surface area contributed by atoms with Crippen LogP contribution >= 0.6 is 0 Å². The molecule has 1 heterocycles. The molecule has 27 heavy (non-hydrogen) atoms. The van der Waals surface area contributed by atoms with Crippen LogP contribution in [0.5, 0.6) is 0 Å². The van der Waals surface area contributed by atoms with E-state index in [0.717, 1.165) is 17.1 Å². The van der Waals surface area contributed by atoms with Crippen molar-refractivity contribution in [1.29, 1.82) is 0 Å². The van der Waals surface area contributed by atoms with Crippen molar-refractivity contribution in [1.82, 2.24) is 9.21 Å². The lowest BCUT2D eigenvalue weighted by molar-refractivity contribution is 0.0655. The van der Waals surface area contributed by atoms with Gasteiger partial charge in [-0.1, -0.05) is 36.8 Å². The van der Waals surface area contributed by atoms with E-state index in [9.17, 15) is 13.2 Å². The van der Waals surface area contributed by atoms with Crippen LogP contribution in [0.3, 0.4) is 0 Å². The molecule has 0 N–H and O–H groups in total. The SMILES string of the molecule is CCC1c2ccc(C)cc2CCN1C(=O)c1cccc(S(=O)(=O)N(C)C)c1. The number of amides is 1. The summed E-state index contributed by atoms with van der Waals surface area (Å²) >= 11 is 0. The maximum atomic E-state index is 13.2. The minimum absolute atomic E-state index is 0.0102. The molecule has 2 aromatic carbocycles. The summed E-state index contributed by atoms with van der Waals surface area (Å²) in [7, 11) is -0.600. The molecule has 0 aliphatic carbocycles. The number of benzene rings is 2. The first-order chi connectivity index (χ1) is 12.8. The number of hydrogen-bond acceptors (Lipinski definition) is 3. The zero-order chi connectivity index (χ0) is 19.8. The summed E-state index contributed by atoms with van der Waals surface area (Å²) in [5.74, 6) is -0.121. The Bertz CT molecular complexity index is 967. The summed E-state index contributed by atoms with van der Waals surface area (Å²) in [6.07, 6.45) is 1.63. The fourth-order valence-electron chi connectivity index (χ4n) is 3.69. The van der Waals surface area contributed by atoms with E-state index in [1.165, 1.54) is 42.9 Å². The molecule has 0 aromatic heterocycles. The van der Waals surface area contributed by atoms with E-state index in [-0.39, 0.29) is 16.8 Å². The molecule has 2 aromatic rings. The minimum Gasteiger partial charge on any atom is -0.331 e. The Morgan fingerprint density at radius 2 is 1.93 bits per heavy atom. The number of carbonyl (C=O) groups is 1. The first-order valence-corrected chi connectivity index (χ1v) is 10.6. The normalized spacial score (nSPS) is 17.1. The Morgan fingerprint density at radius 3 is 2.59 bits per heavy atom. The number of fused-ring (bicyclic) bond motifs is 1. The third kappa shape index (κ3) is 3.64. The molecule has 0 spiro atoms. The zero-order valence-electron chi connectivity index (χ0n) is 16.3. The second-order valence-corrected chi connectivity index (χ2v) is 9.34. The standard InChI is InChI=1S/C21H26N2O3S/c1-5-20-19-10-9-15(2)13-16(19)11-12-23(20)21(24)17-7-6-8-18(14-17)27(25,26)22(3)4/h6-10,13-14,20H,5,11-12H2,1-4H3. The van der Waals surface area contributed by atoms with Crippen LogP contribution < -0.4 is 0 Å². The molecular formula is C21H26N2O3S. The summed E-state index contributed by atoms with van der Waals surface area (Å²) in [6.45, 7) is 4.79. The van der Waals surface area contributed by atoms with Gasteiger partial charge in [0, 0.05) is 26.2 Å². The molecule has 1 aliphatic rings. The number of aryl methyl sites for hydroxylation is 1. The van der Waals surface area contributed by atoms with Crippen LogP contribution in [0.2, 0.25) is 0 Å². The molecule has 1 unspecified atom stereocenters. The molecule has 0 saturated carbocycles. The van der Waals surface area contributed by atoms with Crippen molar-refractivity contribution in [3.05, 3.63) is 64.7 Å². The van der Waals surface area contributed by atoms with Gasteiger partial charge in [0.15, 0.2) is 0 Å². The Morgan fingerprint density at radius 1 is 1.19 bits per heavy atom. The summed E-state index contributed by atoms with van der Waals surface area (Å²) in [6, 6.07) is 12.7. The maximum absolute atomic E-state index is 13.2. The fraction of sp³-hybridized carbons (Fsp3) is 0.381. The summed E-state index contributed by atoms with van der Waals surface area (Å²) < 4.78 is 26.0. The Kier molecular flexibility index (Phi) is 5.40. The van der Waals surface area contributed by atoms with E-state index < -0.39 is 10.0 Å². The monoisotopic (exact) mass is 386 g/mol. The molecule has 0 saturated heterocycles. The molecule has 1 atom stereocenters. The van der Waals surface area contributed by atoms with Crippen molar-refractivity contribution in [2.75, 3.05) is 20.6 Å². The molecule has 0 radical (unpaired) electrons. The van der Waals surface area contributed by atoms with Gasteiger partial charge in [0.2, 0.25) is 10.0 Å². The van der Waals surface area contributed by atoms with Gasteiger partial charge in [-0.25, -0.2) is 12.7 Å². The van der Waals surface area contributed by atoms with Crippen molar-refractivity contribution in [3.63, 3.8) is 0 Å². The Balaban J connectivity index is 1.96. The highest BCUT2D eigenvalue weighted by Gasteiger charge is 2.30. The van der Waals surface area contributed by atoms with E-state index in [4.69, 9.17) is 0 Å². The smallest absolute Gasteiger partial charge is 0.254 e. The van der Waals surface area contributed by atoms with Gasteiger partial charge in [0.05, 0.1) is 10.9 Å². The number of sulfonamides is 1. The average Bonchev–Trinajstić information content (AvgIpc) is 2.66. The summed E-state index contributed by atoms with van der Waals surface area (Å²) in [5.41, 5.74) is 4.13. The van der Waals surface area contributed by atoms with Gasteiger partial charge < -0.3 is 4.90 Å². The number of rotatable bonds is 4. The van der Waals surface area contributed by atoms with E-state index in [2.05, 4.69) is 32.0 Å². The number of nitrogens with zero attached hydrogens (tertiary/aromatic N) is 2. The third-order valence-electron chi connectivity index (χ3n) is 5.16. The molecule has 6 heteroatoms. The van der Waals surface area contributed by atoms with E-state index in [1.54, 1.807) is 12.1 Å². The minimum atomic E-state index is -3.57. The van der Waals surface area contributed by atoms with Gasteiger partial charge in [0.1, 0.15) is 0 Å². The van der Waals surface area contributed by atoms with Crippen LogP contribution in [0.1, 0.15) is 46.4 Å². The highest BCUT2D eigenvalue weighted by molar-refractivity contribution is 7.89. The second-order valence-electron chi connectivity index (χ2n) is 7.19. The van der Waals surface area contributed by atoms with Crippen molar-refractivity contribution in [3.8, 4) is 0 Å². The largest absolute Gasteiger partial charge is 0.331 e. The Hall–Kier alpha value is -2.18. The van der Waals surface area contributed by atoms with E-state index in [0.29, 0.717) is 12.1 Å². The van der Waals surface area contributed by atoms with Crippen molar-refractivity contribution in [2.24, 2.45) is 0 Å². The highest BCUT2D eigenvalue weighted by atomic mass is 32.2. The van der Waals surface area contributed by atoms with Gasteiger partial charge in [0.25, 0.3) is 5.91 Å². The van der Waals surface area contributed by atoms with Crippen LogP contribution in [0.4, 0.5) is 0 Å². The topological polar surface area (TPSA) is 57.7 Å². The zero-order valence-corrected chi connectivity index (χ0v) is 17.1. The van der Waals surface area contributed by atoms with Crippen LogP contribution in [-0.2, 0) is 16.4 Å². The van der Waals surface area contributed by atoms with Crippen LogP contribution in [0.25, 0.3) is 0 Å². The number of carbonyl (C=O) groups excluding carboxylic acids is 1.